The summed E-state index contributed by atoms with van der Waals surface area (Å²) in [5.74, 6) is 0. The van der Waals surface area contributed by atoms with Crippen LogP contribution in [-0.2, 0) is 16.3 Å². The van der Waals surface area contributed by atoms with E-state index < -0.39 is 15.3 Å². The van der Waals surface area contributed by atoms with Gasteiger partial charge in [-0.1, -0.05) is 12.1 Å². The van der Waals surface area contributed by atoms with E-state index in [2.05, 4.69) is 0 Å². The molecule has 0 fully saturated rings. The lowest BCUT2D eigenvalue weighted by atomic mass is 10.2. The molecule has 3 N–H and O–H groups in total. The Labute approximate surface area is 89.7 Å². The van der Waals surface area contributed by atoms with Crippen molar-refractivity contribution in [3.8, 4) is 0 Å². The fourth-order valence-corrected chi connectivity index (χ4v) is 2.12. The molecule has 1 rings (SSSR count). The van der Waals surface area contributed by atoms with Crippen LogP contribution in [0.15, 0.2) is 29.2 Å². The molecule has 4 nitrogen and oxygen atoms in total. The Bertz CT molecular complexity index is 409. The lowest BCUT2D eigenvalue weighted by molar-refractivity contribution is 0.268. The second-order valence-corrected chi connectivity index (χ2v) is 5.57. The SMILES string of the molecule is CC(O)S(=O)(=O)c1ccc(CCN)cc1. The maximum Gasteiger partial charge on any atom is 0.204 e. The van der Waals surface area contributed by atoms with Gasteiger partial charge in [-0.15, -0.1) is 0 Å². The first-order chi connectivity index (χ1) is 6.98. The molecule has 0 amide bonds. The molecule has 0 heterocycles. The summed E-state index contributed by atoms with van der Waals surface area (Å²) in [6.07, 6.45) is 0.717. The summed E-state index contributed by atoms with van der Waals surface area (Å²) in [5.41, 5.74) is 4.99. The second-order valence-electron chi connectivity index (χ2n) is 3.33. The summed E-state index contributed by atoms with van der Waals surface area (Å²) in [5, 5.41) is 9.10. The predicted octanol–water partition coefficient (Wildman–Crippen LogP) is 0.300. The predicted molar refractivity (Wildman–Crippen MR) is 58.1 cm³/mol. The molecular formula is C10H15NO3S. The van der Waals surface area contributed by atoms with Gasteiger partial charge in [-0.2, -0.15) is 0 Å². The Morgan fingerprint density at radius 1 is 1.33 bits per heavy atom. The van der Waals surface area contributed by atoms with Gasteiger partial charge >= 0.3 is 0 Å². The molecule has 0 aliphatic carbocycles. The Balaban J connectivity index is 2.99. The molecule has 0 aliphatic rings. The smallest absolute Gasteiger partial charge is 0.204 e. The Morgan fingerprint density at radius 2 is 1.87 bits per heavy atom. The largest absolute Gasteiger partial charge is 0.377 e. The topological polar surface area (TPSA) is 80.4 Å². The van der Waals surface area contributed by atoms with E-state index in [9.17, 15) is 8.42 Å². The molecule has 1 unspecified atom stereocenters. The highest BCUT2D eigenvalue weighted by Gasteiger charge is 2.20. The van der Waals surface area contributed by atoms with Gasteiger partial charge in [0, 0.05) is 0 Å². The van der Waals surface area contributed by atoms with E-state index in [1.54, 1.807) is 12.1 Å². The van der Waals surface area contributed by atoms with Crippen LogP contribution in [0.1, 0.15) is 12.5 Å². The molecule has 0 bridgehead atoms. The van der Waals surface area contributed by atoms with Crippen LogP contribution in [0.3, 0.4) is 0 Å². The zero-order valence-electron chi connectivity index (χ0n) is 8.55. The number of rotatable bonds is 4. The molecule has 0 saturated heterocycles. The second kappa shape index (κ2) is 4.74. The van der Waals surface area contributed by atoms with E-state index >= 15 is 0 Å². The summed E-state index contributed by atoms with van der Waals surface area (Å²) in [7, 11) is -3.58. The lowest BCUT2D eigenvalue weighted by Gasteiger charge is -2.07. The van der Waals surface area contributed by atoms with Gasteiger partial charge in [0.05, 0.1) is 4.90 Å². The van der Waals surface area contributed by atoms with Crippen molar-refractivity contribution in [1.29, 1.82) is 0 Å². The van der Waals surface area contributed by atoms with Gasteiger partial charge in [0.1, 0.15) is 0 Å². The van der Waals surface area contributed by atoms with Crippen molar-refractivity contribution in [2.75, 3.05) is 6.54 Å². The lowest BCUT2D eigenvalue weighted by Crippen LogP contribution is -2.16. The van der Waals surface area contributed by atoms with Gasteiger partial charge in [-0.3, -0.25) is 0 Å². The molecule has 1 aromatic carbocycles. The van der Waals surface area contributed by atoms with E-state index in [-0.39, 0.29) is 4.90 Å². The zero-order valence-corrected chi connectivity index (χ0v) is 9.37. The third-order valence-corrected chi connectivity index (χ3v) is 3.96. The number of nitrogens with two attached hydrogens (primary N) is 1. The molecule has 0 saturated carbocycles. The highest BCUT2D eigenvalue weighted by atomic mass is 32.2. The minimum Gasteiger partial charge on any atom is -0.377 e. The first kappa shape index (κ1) is 12.2. The van der Waals surface area contributed by atoms with Crippen LogP contribution in [0.5, 0.6) is 0 Å². The van der Waals surface area contributed by atoms with E-state index in [1.807, 2.05) is 0 Å². The molecule has 0 aliphatic heterocycles. The summed E-state index contributed by atoms with van der Waals surface area (Å²) in [4.78, 5) is 0.137. The summed E-state index contributed by atoms with van der Waals surface area (Å²) in [6.45, 7) is 1.77. The van der Waals surface area contributed by atoms with Gasteiger partial charge in [-0.25, -0.2) is 8.42 Å². The third-order valence-electron chi connectivity index (χ3n) is 2.13. The normalized spacial score (nSPS) is 13.8. The zero-order chi connectivity index (χ0) is 11.5. The Kier molecular flexibility index (Phi) is 3.84. The van der Waals surface area contributed by atoms with Crippen LogP contribution < -0.4 is 5.73 Å². The highest BCUT2D eigenvalue weighted by Crippen LogP contribution is 2.15. The van der Waals surface area contributed by atoms with Gasteiger partial charge in [0.2, 0.25) is 9.84 Å². The van der Waals surface area contributed by atoms with Crippen molar-refractivity contribution in [3.05, 3.63) is 29.8 Å². The molecule has 0 radical (unpaired) electrons. The monoisotopic (exact) mass is 229 g/mol. The van der Waals surface area contributed by atoms with Crippen LogP contribution in [0.2, 0.25) is 0 Å². The summed E-state index contributed by atoms with van der Waals surface area (Å²) in [6, 6.07) is 6.41. The highest BCUT2D eigenvalue weighted by molar-refractivity contribution is 7.91. The van der Waals surface area contributed by atoms with Crippen molar-refractivity contribution < 1.29 is 13.5 Å². The standard InChI is InChI=1S/C10H15NO3S/c1-8(12)15(13,14)10-4-2-9(3-5-10)6-7-11/h2-5,8,12H,6-7,11H2,1H3. The molecule has 5 heteroatoms. The summed E-state index contributed by atoms with van der Waals surface area (Å²) >= 11 is 0. The van der Waals surface area contributed by atoms with Crippen molar-refractivity contribution >= 4 is 9.84 Å². The minimum absolute atomic E-state index is 0.137. The Hall–Kier alpha value is -0.910. The average molecular weight is 229 g/mol. The number of aliphatic hydroxyl groups excluding tert-OH is 1. The average Bonchev–Trinajstić information content (AvgIpc) is 2.19. The van der Waals surface area contributed by atoms with Crippen molar-refractivity contribution in [2.45, 2.75) is 23.7 Å². The maximum absolute atomic E-state index is 11.5. The number of hydrogen-bond donors (Lipinski definition) is 2. The molecule has 0 aromatic heterocycles. The molecule has 1 atom stereocenters. The molecule has 0 spiro atoms. The number of sulfone groups is 1. The van der Waals surface area contributed by atoms with E-state index in [0.717, 1.165) is 12.0 Å². The van der Waals surface area contributed by atoms with Gasteiger partial charge in [0.25, 0.3) is 0 Å². The van der Waals surface area contributed by atoms with Crippen molar-refractivity contribution in [2.24, 2.45) is 5.73 Å². The van der Waals surface area contributed by atoms with E-state index in [4.69, 9.17) is 10.8 Å². The first-order valence-corrected chi connectivity index (χ1v) is 6.24. The third kappa shape index (κ3) is 2.77. The van der Waals surface area contributed by atoms with Gasteiger partial charge in [0.15, 0.2) is 5.44 Å². The van der Waals surface area contributed by atoms with E-state index in [1.165, 1.54) is 19.1 Å². The van der Waals surface area contributed by atoms with Crippen molar-refractivity contribution in [1.82, 2.24) is 0 Å². The van der Waals surface area contributed by atoms with Crippen LogP contribution in [0.4, 0.5) is 0 Å². The molecule has 15 heavy (non-hydrogen) atoms. The fraction of sp³-hybridized carbons (Fsp3) is 0.400. The number of benzene rings is 1. The summed E-state index contributed by atoms with van der Waals surface area (Å²) < 4.78 is 23.1. The van der Waals surface area contributed by atoms with Crippen LogP contribution in [-0.4, -0.2) is 25.5 Å². The number of aliphatic hydroxyl groups is 1. The van der Waals surface area contributed by atoms with Gasteiger partial charge in [-0.05, 0) is 37.6 Å². The first-order valence-electron chi connectivity index (χ1n) is 4.69. The maximum atomic E-state index is 11.5. The molecule has 84 valence electrons. The molecular weight excluding hydrogens is 214 g/mol. The minimum atomic E-state index is -3.58. The molecule has 1 aromatic rings. The van der Waals surface area contributed by atoms with Crippen molar-refractivity contribution in [3.63, 3.8) is 0 Å². The number of hydrogen-bond acceptors (Lipinski definition) is 4. The van der Waals surface area contributed by atoms with E-state index in [0.29, 0.717) is 6.54 Å². The fourth-order valence-electron chi connectivity index (χ4n) is 1.21. The Morgan fingerprint density at radius 3 is 2.27 bits per heavy atom. The van der Waals surface area contributed by atoms with Crippen LogP contribution in [0, 0.1) is 0 Å². The quantitative estimate of drug-likeness (QED) is 0.778. The van der Waals surface area contributed by atoms with Crippen LogP contribution >= 0.6 is 0 Å². The van der Waals surface area contributed by atoms with Gasteiger partial charge < -0.3 is 10.8 Å². The van der Waals surface area contributed by atoms with Crippen LogP contribution in [0.25, 0.3) is 0 Å².